The Morgan fingerprint density at radius 1 is 1.23 bits per heavy atom. The summed E-state index contributed by atoms with van der Waals surface area (Å²) in [6.07, 6.45) is 2.29. The molecule has 30 heavy (non-hydrogen) atoms. The molecule has 0 aromatic heterocycles. The second kappa shape index (κ2) is 11.3. The smallest absolute Gasteiger partial charge is 0.387 e. The van der Waals surface area contributed by atoms with E-state index in [4.69, 9.17) is 19.2 Å². The fourth-order valence-corrected chi connectivity index (χ4v) is 3.69. The lowest BCUT2D eigenvalue weighted by atomic mass is 10.1. The topological polar surface area (TPSA) is 64.6 Å². The zero-order chi connectivity index (χ0) is 21.3. The molecule has 3 rings (SSSR count). The van der Waals surface area contributed by atoms with E-state index < -0.39 is 6.61 Å². The Kier molecular flexibility index (Phi) is 8.50. The van der Waals surface area contributed by atoms with Crippen LogP contribution in [-0.4, -0.2) is 69.1 Å². The molecule has 2 unspecified atom stereocenters. The third-order valence-electron chi connectivity index (χ3n) is 5.04. The van der Waals surface area contributed by atoms with Gasteiger partial charge in [-0.2, -0.15) is 8.78 Å². The molecule has 0 spiro atoms. The van der Waals surface area contributed by atoms with Crippen LogP contribution in [0.15, 0.2) is 23.2 Å². The van der Waals surface area contributed by atoms with Crippen molar-refractivity contribution >= 4 is 5.96 Å². The van der Waals surface area contributed by atoms with Crippen molar-refractivity contribution in [2.45, 2.75) is 52.1 Å². The van der Waals surface area contributed by atoms with Gasteiger partial charge in [0.05, 0.1) is 25.9 Å². The fourth-order valence-electron chi connectivity index (χ4n) is 3.69. The molecule has 0 bridgehead atoms. The molecule has 7 nitrogen and oxygen atoms in total. The van der Waals surface area contributed by atoms with Gasteiger partial charge >= 0.3 is 6.61 Å². The molecule has 0 amide bonds. The highest BCUT2D eigenvalue weighted by Gasteiger charge is 2.32. The monoisotopic (exact) mass is 427 g/mol. The molecule has 168 valence electrons. The van der Waals surface area contributed by atoms with Crippen LogP contribution in [-0.2, 0) is 16.0 Å². The van der Waals surface area contributed by atoms with E-state index in [-0.39, 0.29) is 18.0 Å². The van der Waals surface area contributed by atoms with Gasteiger partial charge in [-0.25, -0.2) is 4.99 Å². The number of hydrogen-bond acceptors (Lipinski definition) is 5. The van der Waals surface area contributed by atoms with Crippen molar-refractivity contribution in [3.05, 3.63) is 23.8 Å². The van der Waals surface area contributed by atoms with Gasteiger partial charge in [0.1, 0.15) is 6.10 Å². The van der Waals surface area contributed by atoms with Crippen LogP contribution in [0.3, 0.4) is 0 Å². The predicted molar refractivity (Wildman–Crippen MR) is 109 cm³/mol. The van der Waals surface area contributed by atoms with Crippen LogP contribution < -0.4 is 14.8 Å². The van der Waals surface area contributed by atoms with Gasteiger partial charge in [-0.05, 0) is 44.4 Å². The number of morpholine rings is 1. The van der Waals surface area contributed by atoms with E-state index in [2.05, 4.69) is 15.0 Å². The molecule has 0 radical (unpaired) electrons. The molecule has 0 aliphatic carbocycles. The maximum atomic E-state index is 12.6. The van der Waals surface area contributed by atoms with Crippen molar-refractivity contribution in [2.75, 3.05) is 39.5 Å². The van der Waals surface area contributed by atoms with Crippen molar-refractivity contribution in [1.29, 1.82) is 0 Å². The van der Waals surface area contributed by atoms with Crippen molar-refractivity contribution in [3.63, 3.8) is 0 Å². The Bertz CT molecular complexity index is 699. The maximum Gasteiger partial charge on any atom is 0.387 e. The molecule has 2 aliphatic rings. The molecule has 2 fully saturated rings. The summed E-state index contributed by atoms with van der Waals surface area (Å²) in [4.78, 5) is 6.94. The van der Waals surface area contributed by atoms with E-state index in [1.165, 1.54) is 6.07 Å². The Hall–Kier alpha value is -2.13. The molecule has 2 heterocycles. The predicted octanol–water partition coefficient (Wildman–Crippen LogP) is 3.03. The quantitative estimate of drug-likeness (QED) is 0.508. The second-order valence-corrected chi connectivity index (χ2v) is 7.17. The summed E-state index contributed by atoms with van der Waals surface area (Å²) in [6, 6.07) is 4.92. The van der Waals surface area contributed by atoms with Crippen molar-refractivity contribution < 1.29 is 27.7 Å². The van der Waals surface area contributed by atoms with Crippen molar-refractivity contribution in [2.24, 2.45) is 4.99 Å². The zero-order valence-corrected chi connectivity index (χ0v) is 17.6. The lowest BCUT2D eigenvalue weighted by molar-refractivity contribution is -0.0817. The number of guanidine groups is 1. The number of aliphatic imine (C=N–C) groups is 1. The number of benzene rings is 1. The standard InChI is InChI=1S/C21H31F2N3O4/c1-3-24-21(26-9-11-29-19(14-26)16-6-5-10-28-16)25-13-15-7-8-17(30-20(22)23)18(12-15)27-4-2/h7-8,12,16,19-20H,3-6,9-11,13-14H2,1-2H3,(H,24,25). The molecule has 9 heteroatoms. The van der Waals surface area contributed by atoms with Gasteiger partial charge in [0.25, 0.3) is 0 Å². The number of halogens is 2. The van der Waals surface area contributed by atoms with Gasteiger partial charge < -0.3 is 29.2 Å². The van der Waals surface area contributed by atoms with E-state index in [1.54, 1.807) is 19.1 Å². The SMILES string of the molecule is CCNC(=NCc1ccc(OC(F)F)c(OCC)c1)N1CCOC(C2CCCO2)C1. The molecule has 1 N–H and O–H groups in total. The highest BCUT2D eigenvalue weighted by atomic mass is 19.3. The maximum absolute atomic E-state index is 12.6. The van der Waals surface area contributed by atoms with Crippen LogP contribution in [0.5, 0.6) is 11.5 Å². The summed E-state index contributed by atoms with van der Waals surface area (Å²) in [6.45, 7) is 5.31. The Morgan fingerprint density at radius 3 is 2.77 bits per heavy atom. The number of nitrogens with zero attached hydrogens (tertiary/aromatic N) is 2. The number of nitrogens with one attached hydrogen (secondary N) is 1. The van der Waals surface area contributed by atoms with Crippen LogP contribution in [0.4, 0.5) is 8.78 Å². The minimum Gasteiger partial charge on any atom is -0.490 e. The summed E-state index contributed by atoms with van der Waals surface area (Å²) in [7, 11) is 0. The van der Waals surface area contributed by atoms with E-state index >= 15 is 0 Å². The van der Waals surface area contributed by atoms with E-state index in [9.17, 15) is 8.78 Å². The average molecular weight is 427 g/mol. The van der Waals surface area contributed by atoms with E-state index in [1.807, 2.05) is 6.92 Å². The summed E-state index contributed by atoms with van der Waals surface area (Å²) >= 11 is 0. The Morgan fingerprint density at radius 2 is 2.07 bits per heavy atom. The Balaban J connectivity index is 1.69. The first-order chi connectivity index (χ1) is 14.6. The highest BCUT2D eigenvalue weighted by molar-refractivity contribution is 5.80. The largest absolute Gasteiger partial charge is 0.490 e. The Labute approximate surface area is 176 Å². The van der Waals surface area contributed by atoms with Crippen LogP contribution in [0, 0.1) is 0 Å². The minimum atomic E-state index is -2.90. The highest BCUT2D eigenvalue weighted by Crippen LogP contribution is 2.30. The first kappa shape index (κ1) is 22.6. The summed E-state index contributed by atoms with van der Waals surface area (Å²) in [5.41, 5.74) is 0.847. The zero-order valence-electron chi connectivity index (χ0n) is 17.6. The number of rotatable bonds is 8. The van der Waals surface area contributed by atoms with Crippen LogP contribution in [0.2, 0.25) is 0 Å². The summed E-state index contributed by atoms with van der Waals surface area (Å²) < 4.78 is 46.9. The minimum absolute atomic E-state index is 0.0269. The van der Waals surface area contributed by atoms with Crippen molar-refractivity contribution in [3.8, 4) is 11.5 Å². The molecular formula is C21H31F2N3O4. The number of alkyl halides is 2. The lowest BCUT2D eigenvalue weighted by Crippen LogP contribution is -2.53. The first-order valence-corrected chi connectivity index (χ1v) is 10.6. The van der Waals surface area contributed by atoms with Crippen LogP contribution >= 0.6 is 0 Å². The molecule has 1 aromatic carbocycles. The lowest BCUT2D eigenvalue weighted by Gasteiger charge is -2.37. The third-order valence-corrected chi connectivity index (χ3v) is 5.04. The molecule has 0 saturated carbocycles. The molecular weight excluding hydrogens is 396 g/mol. The normalized spacial score (nSPS) is 22.4. The second-order valence-electron chi connectivity index (χ2n) is 7.17. The molecule has 2 atom stereocenters. The molecule has 2 aliphatic heterocycles. The summed E-state index contributed by atoms with van der Waals surface area (Å²) in [5.74, 6) is 1.12. The van der Waals surface area contributed by atoms with Crippen LogP contribution in [0.25, 0.3) is 0 Å². The van der Waals surface area contributed by atoms with Gasteiger partial charge in [-0.15, -0.1) is 0 Å². The van der Waals surface area contributed by atoms with Crippen molar-refractivity contribution in [1.82, 2.24) is 10.2 Å². The first-order valence-electron chi connectivity index (χ1n) is 10.6. The molecule has 2 saturated heterocycles. The van der Waals surface area contributed by atoms with Gasteiger partial charge in [0.2, 0.25) is 0 Å². The molecule has 1 aromatic rings. The fraction of sp³-hybridized carbons (Fsp3) is 0.667. The average Bonchev–Trinajstić information content (AvgIpc) is 3.28. The van der Waals surface area contributed by atoms with Gasteiger partial charge in [-0.3, -0.25) is 0 Å². The summed E-state index contributed by atoms with van der Waals surface area (Å²) in [5, 5.41) is 3.34. The van der Waals surface area contributed by atoms with Crippen LogP contribution in [0.1, 0.15) is 32.3 Å². The number of hydrogen-bond donors (Lipinski definition) is 1. The number of ether oxygens (including phenoxy) is 4. The van der Waals surface area contributed by atoms with E-state index in [0.29, 0.717) is 25.5 Å². The van der Waals surface area contributed by atoms with Gasteiger partial charge in [0, 0.05) is 26.2 Å². The van der Waals surface area contributed by atoms with Gasteiger partial charge in [-0.1, -0.05) is 6.07 Å². The van der Waals surface area contributed by atoms with E-state index in [0.717, 1.165) is 50.6 Å². The van der Waals surface area contributed by atoms with Gasteiger partial charge in [0.15, 0.2) is 17.5 Å². The third kappa shape index (κ3) is 6.18.